The molecule has 1 aliphatic heterocycles. The molecule has 3 nitrogen and oxygen atoms in total. The molecule has 20 heavy (non-hydrogen) atoms. The fourth-order valence-corrected chi connectivity index (χ4v) is 2.89. The highest BCUT2D eigenvalue weighted by Crippen LogP contribution is 2.32. The zero-order valence-corrected chi connectivity index (χ0v) is 12.7. The first-order valence-electron chi connectivity index (χ1n) is 7.91. The van der Waals surface area contributed by atoms with Crippen LogP contribution in [0, 0.1) is 5.92 Å². The summed E-state index contributed by atoms with van der Waals surface area (Å²) in [6.45, 7) is 5.61. The molecule has 1 heterocycles. The summed E-state index contributed by atoms with van der Waals surface area (Å²) in [6, 6.07) is 7.43. The molecule has 1 aromatic rings. The Labute approximate surface area is 122 Å². The summed E-state index contributed by atoms with van der Waals surface area (Å²) in [5, 5.41) is 3.56. The van der Waals surface area contributed by atoms with Gasteiger partial charge < -0.3 is 15.0 Å². The van der Waals surface area contributed by atoms with Crippen LogP contribution in [0.5, 0.6) is 5.75 Å². The average Bonchev–Trinajstić information content (AvgIpc) is 3.30. The SMILES string of the molecule is COc1cc(CNC2CC2)ccc1N1CCC(C)CC1. The molecule has 2 aliphatic rings. The smallest absolute Gasteiger partial charge is 0.142 e. The number of ether oxygens (including phenoxy) is 1. The number of hydrogen-bond acceptors (Lipinski definition) is 3. The highest BCUT2D eigenvalue weighted by atomic mass is 16.5. The lowest BCUT2D eigenvalue weighted by Crippen LogP contribution is -2.33. The van der Waals surface area contributed by atoms with Gasteiger partial charge in [0.2, 0.25) is 0 Å². The largest absolute Gasteiger partial charge is 0.495 e. The second-order valence-electron chi connectivity index (χ2n) is 6.33. The molecule has 110 valence electrons. The van der Waals surface area contributed by atoms with Crippen molar-refractivity contribution in [3.63, 3.8) is 0 Å². The van der Waals surface area contributed by atoms with Gasteiger partial charge in [0.15, 0.2) is 0 Å². The summed E-state index contributed by atoms with van der Waals surface area (Å²) in [7, 11) is 1.78. The number of piperidine rings is 1. The van der Waals surface area contributed by atoms with Crippen LogP contribution in [0.4, 0.5) is 5.69 Å². The Morgan fingerprint density at radius 3 is 2.60 bits per heavy atom. The van der Waals surface area contributed by atoms with Gasteiger partial charge in [-0.3, -0.25) is 0 Å². The maximum atomic E-state index is 5.62. The molecule has 0 atom stereocenters. The first-order chi connectivity index (χ1) is 9.76. The summed E-state index contributed by atoms with van der Waals surface area (Å²) in [4.78, 5) is 2.47. The summed E-state index contributed by atoms with van der Waals surface area (Å²) < 4.78 is 5.62. The Morgan fingerprint density at radius 2 is 1.95 bits per heavy atom. The number of rotatable bonds is 5. The molecule has 1 saturated heterocycles. The maximum absolute atomic E-state index is 5.62. The minimum Gasteiger partial charge on any atom is -0.495 e. The van der Waals surface area contributed by atoms with E-state index in [2.05, 4.69) is 35.3 Å². The quantitative estimate of drug-likeness (QED) is 0.892. The van der Waals surface area contributed by atoms with Crippen molar-refractivity contribution in [1.29, 1.82) is 0 Å². The van der Waals surface area contributed by atoms with Crippen molar-refractivity contribution in [2.45, 2.75) is 45.2 Å². The van der Waals surface area contributed by atoms with Crippen LogP contribution in [0.25, 0.3) is 0 Å². The Kier molecular flexibility index (Phi) is 4.16. The Balaban J connectivity index is 1.69. The molecule has 0 bridgehead atoms. The van der Waals surface area contributed by atoms with Crippen LogP contribution in [0.3, 0.4) is 0 Å². The van der Waals surface area contributed by atoms with Gasteiger partial charge in [-0.1, -0.05) is 13.0 Å². The lowest BCUT2D eigenvalue weighted by molar-refractivity contribution is 0.403. The van der Waals surface area contributed by atoms with Gasteiger partial charge >= 0.3 is 0 Å². The zero-order chi connectivity index (χ0) is 13.9. The molecule has 1 N–H and O–H groups in total. The third kappa shape index (κ3) is 3.26. The van der Waals surface area contributed by atoms with E-state index >= 15 is 0 Å². The van der Waals surface area contributed by atoms with E-state index in [9.17, 15) is 0 Å². The van der Waals surface area contributed by atoms with E-state index in [1.807, 2.05) is 0 Å². The van der Waals surface area contributed by atoms with E-state index in [0.717, 1.165) is 37.3 Å². The fourth-order valence-electron chi connectivity index (χ4n) is 2.89. The first-order valence-corrected chi connectivity index (χ1v) is 7.91. The third-order valence-corrected chi connectivity index (χ3v) is 4.54. The lowest BCUT2D eigenvalue weighted by atomic mass is 9.98. The average molecular weight is 274 g/mol. The Morgan fingerprint density at radius 1 is 1.20 bits per heavy atom. The second kappa shape index (κ2) is 6.04. The second-order valence-corrected chi connectivity index (χ2v) is 6.33. The molecular formula is C17H26N2O. The van der Waals surface area contributed by atoms with E-state index < -0.39 is 0 Å². The molecule has 0 spiro atoms. The summed E-state index contributed by atoms with van der Waals surface area (Å²) >= 11 is 0. The molecule has 2 fully saturated rings. The van der Waals surface area contributed by atoms with Crippen molar-refractivity contribution in [3.05, 3.63) is 23.8 Å². The lowest BCUT2D eigenvalue weighted by Gasteiger charge is -2.33. The monoisotopic (exact) mass is 274 g/mol. The number of anilines is 1. The normalized spacial score (nSPS) is 20.2. The van der Waals surface area contributed by atoms with Crippen molar-refractivity contribution in [2.24, 2.45) is 5.92 Å². The topological polar surface area (TPSA) is 24.5 Å². The van der Waals surface area contributed by atoms with Crippen molar-refractivity contribution in [2.75, 3.05) is 25.1 Å². The highest BCUT2D eigenvalue weighted by molar-refractivity contribution is 5.60. The van der Waals surface area contributed by atoms with E-state index in [-0.39, 0.29) is 0 Å². The molecule has 1 aromatic carbocycles. The number of methoxy groups -OCH3 is 1. The molecule has 0 unspecified atom stereocenters. The van der Waals surface area contributed by atoms with Crippen molar-refractivity contribution in [3.8, 4) is 5.75 Å². The molecule has 3 rings (SSSR count). The summed E-state index contributed by atoms with van der Waals surface area (Å²) in [5.74, 6) is 1.88. The van der Waals surface area contributed by atoms with Crippen LogP contribution in [-0.4, -0.2) is 26.2 Å². The van der Waals surface area contributed by atoms with Crippen LogP contribution in [0.1, 0.15) is 38.2 Å². The molecule has 0 amide bonds. The van der Waals surface area contributed by atoms with Gasteiger partial charge in [0.05, 0.1) is 12.8 Å². The van der Waals surface area contributed by atoms with E-state index in [1.54, 1.807) is 7.11 Å². The van der Waals surface area contributed by atoms with Gasteiger partial charge in [-0.15, -0.1) is 0 Å². The van der Waals surface area contributed by atoms with E-state index in [1.165, 1.54) is 36.9 Å². The van der Waals surface area contributed by atoms with Crippen LogP contribution in [-0.2, 0) is 6.54 Å². The number of hydrogen-bond donors (Lipinski definition) is 1. The zero-order valence-electron chi connectivity index (χ0n) is 12.7. The predicted molar refractivity (Wildman–Crippen MR) is 83.5 cm³/mol. The van der Waals surface area contributed by atoms with Crippen LogP contribution < -0.4 is 15.0 Å². The first kappa shape index (κ1) is 13.7. The third-order valence-electron chi connectivity index (χ3n) is 4.54. The van der Waals surface area contributed by atoms with E-state index in [0.29, 0.717) is 0 Å². The molecular weight excluding hydrogens is 248 g/mol. The Bertz CT molecular complexity index is 448. The number of benzene rings is 1. The molecule has 0 aromatic heterocycles. The van der Waals surface area contributed by atoms with Crippen molar-refractivity contribution in [1.82, 2.24) is 5.32 Å². The summed E-state index contributed by atoms with van der Waals surface area (Å²) in [6.07, 6.45) is 5.24. The van der Waals surface area contributed by atoms with Crippen molar-refractivity contribution >= 4 is 5.69 Å². The number of nitrogens with one attached hydrogen (secondary N) is 1. The van der Waals surface area contributed by atoms with Gasteiger partial charge in [-0.05, 0) is 49.3 Å². The van der Waals surface area contributed by atoms with Crippen LogP contribution >= 0.6 is 0 Å². The molecule has 0 radical (unpaired) electrons. The predicted octanol–water partition coefficient (Wildman–Crippen LogP) is 3.18. The number of nitrogens with zero attached hydrogens (tertiary/aromatic N) is 1. The van der Waals surface area contributed by atoms with Crippen molar-refractivity contribution < 1.29 is 4.74 Å². The van der Waals surface area contributed by atoms with Gasteiger partial charge in [0.1, 0.15) is 5.75 Å². The minimum atomic E-state index is 0.754. The Hall–Kier alpha value is -1.22. The molecule has 1 aliphatic carbocycles. The van der Waals surface area contributed by atoms with Crippen LogP contribution in [0.2, 0.25) is 0 Å². The van der Waals surface area contributed by atoms with Gasteiger partial charge in [-0.2, -0.15) is 0 Å². The van der Waals surface area contributed by atoms with E-state index in [4.69, 9.17) is 4.74 Å². The molecule has 1 saturated carbocycles. The maximum Gasteiger partial charge on any atom is 0.142 e. The fraction of sp³-hybridized carbons (Fsp3) is 0.647. The van der Waals surface area contributed by atoms with Gasteiger partial charge in [0, 0.05) is 25.7 Å². The minimum absolute atomic E-state index is 0.754. The molecule has 3 heteroatoms. The highest BCUT2D eigenvalue weighted by Gasteiger charge is 2.21. The van der Waals surface area contributed by atoms with Gasteiger partial charge in [0.25, 0.3) is 0 Å². The summed E-state index contributed by atoms with van der Waals surface area (Å²) in [5.41, 5.74) is 2.58. The standard InChI is InChI=1S/C17H26N2O/c1-13-7-9-19(10-8-13)16-6-3-14(11-17(16)20-2)12-18-15-4-5-15/h3,6,11,13,15,18H,4-5,7-10,12H2,1-2H3. The van der Waals surface area contributed by atoms with Gasteiger partial charge in [-0.25, -0.2) is 0 Å². The van der Waals surface area contributed by atoms with Crippen LogP contribution in [0.15, 0.2) is 18.2 Å².